The van der Waals surface area contributed by atoms with Crippen molar-refractivity contribution in [2.24, 2.45) is 5.41 Å². The maximum absolute atomic E-state index is 13.2. The Labute approximate surface area is 125 Å². The summed E-state index contributed by atoms with van der Waals surface area (Å²) < 4.78 is 24.7. The van der Waals surface area contributed by atoms with E-state index in [4.69, 9.17) is 9.47 Å². The molecule has 2 unspecified atom stereocenters. The summed E-state index contributed by atoms with van der Waals surface area (Å²) in [6.07, 6.45) is 2.50. The van der Waals surface area contributed by atoms with E-state index in [0.717, 1.165) is 10.8 Å². The minimum Gasteiger partial charge on any atom is -0.462 e. The van der Waals surface area contributed by atoms with Crippen LogP contribution in [0.2, 0.25) is 0 Å². The third-order valence-electron chi connectivity index (χ3n) is 2.99. The van der Waals surface area contributed by atoms with Crippen molar-refractivity contribution < 1.29 is 18.7 Å². The van der Waals surface area contributed by atoms with Gasteiger partial charge < -0.3 is 9.47 Å². The molecule has 2 atom stereocenters. The third-order valence-corrected chi connectivity index (χ3v) is 2.99. The summed E-state index contributed by atoms with van der Waals surface area (Å²) in [7, 11) is 0. The molecule has 0 aromatic carbocycles. The Balaban J connectivity index is 2.01. The van der Waals surface area contributed by atoms with Gasteiger partial charge in [-0.2, -0.15) is 4.39 Å². The van der Waals surface area contributed by atoms with Crippen molar-refractivity contribution in [3.63, 3.8) is 0 Å². The molecule has 2 rings (SSSR count). The van der Waals surface area contributed by atoms with Gasteiger partial charge in [0.1, 0.15) is 12.7 Å². The predicted octanol–water partition coefficient (Wildman–Crippen LogP) is 0.719. The predicted molar refractivity (Wildman–Crippen MR) is 74.7 cm³/mol. The van der Waals surface area contributed by atoms with Crippen LogP contribution < -0.4 is 11.2 Å². The molecule has 1 N–H and O–H groups in total. The first kappa shape index (κ1) is 16.2. The number of carbonyl (C=O) groups excluding carboxylic acids is 1. The standard InChI is InChI=1S/C14H17FN2O5/c1-14(2,3)12(19)21-7-8-4-5-10(22-8)17-6-9(15)11(18)16-13(17)20/h4-6,8,10H,7H2,1-3H3,(H,16,18,20). The fourth-order valence-electron chi connectivity index (χ4n) is 1.77. The van der Waals surface area contributed by atoms with Crippen LogP contribution >= 0.6 is 0 Å². The largest absolute Gasteiger partial charge is 0.462 e. The summed E-state index contributed by atoms with van der Waals surface area (Å²) in [4.78, 5) is 36.1. The molecule has 0 saturated carbocycles. The molecule has 1 aliphatic heterocycles. The molecule has 1 aromatic heterocycles. The van der Waals surface area contributed by atoms with E-state index in [1.807, 2.05) is 4.98 Å². The van der Waals surface area contributed by atoms with Gasteiger partial charge in [-0.1, -0.05) is 6.08 Å². The average molecular weight is 312 g/mol. The Morgan fingerprint density at radius 2 is 2.09 bits per heavy atom. The first-order valence-electron chi connectivity index (χ1n) is 6.70. The summed E-state index contributed by atoms with van der Waals surface area (Å²) in [5.74, 6) is -1.46. The molecule has 1 aliphatic rings. The number of aromatic nitrogens is 2. The lowest BCUT2D eigenvalue weighted by atomic mass is 9.97. The number of hydrogen-bond donors (Lipinski definition) is 1. The van der Waals surface area contributed by atoms with Gasteiger partial charge in [-0.25, -0.2) is 4.79 Å². The zero-order chi connectivity index (χ0) is 16.5. The number of hydrogen-bond acceptors (Lipinski definition) is 5. The topological polar surface area (TPSA) is 90.4 Å². The SMILES string of the molecule is CC(C)(C)C(=O)OCC1C=CC(n2cc(F)c(=O)[nH]c2=O)O1. The van der Waals surface area contributed by atoms with Crippen LogP contribution in [0.3, 0.4) is 0 Å². The van der Waals surface area contributed by atoms with Crippen molar-refractivity contribution in [3.05, 3.63) is 45.0 Å². The number of H-pyrrole nitrogens is 1. The molecule has 0 radical (unpaired) electrons. The Morgan fingerprint density at radius 3 is 2.73 bits per heavy atom. The Bertz CT molecular complexity index is 713. The normalized spacial score (nSPS) is 21.1. The highest BCUT2D eigenvalue weighted by atomic mass is 19.1. The minimum absolute atomic E-state index is 0.0102. The lowest BCUT2D eigenvalue weighted by Crippen LogP contribution is -2.34. The van der Waals surface area contributed by atoms with Crippen LogP contribution in [0.5, 0.6) is 0 Å². The van der Waals surface area contributed by atoms with Crippen molar-refractivity contribution >= 4 is 5.97 Å². The average Bonchev–Trinajstić information content (AvgIpc) is 2.87. The Morgan fingerprint density at radius 1 is 1.41 bits per heavy atom. The van der Waals surface area contributed by atoms with Crippen LogP contribution in [0.1, 0.15) is 27.0 Å². The van der Waals surface area contributed by atoms with E-state index in [2.05, 4.69) is 0 Å². The van der Waals surface area contributed by atoms with Gasteiger partial charge >= 0.3 is 11.7 Å². The highest BCUT2D eigenvalue weighted by Crippen LogP contribution is 2.21. The molecule has 0 aliphatic carbocycles. The molecule has 8 heteroatoms. The van der Waals surface area contributed by atoms with Gasteiger partial charge in [-0.15, -0.1) is 0 Å². The van der Waals surface area contributed by atoms with Gasteiger partial charge in [0.2, 0.25) is 5.82 Å². The first-order valence-corrected chi connectivity index (χ1v) is 6.70. The smallest absolute Gasteiger partial charge is 0.330 e. The van der Waals surface area contributed by atoms with Gasteiger partial charge in [0.05, 0.1) is 11.6 Å². The number of nitrogens with one attached hydrogen (secondary N) is 1. The fraction of sp³-hybridized carbons (Fsp3) is 0.500. The second-order valence-electron chi connectivity index (χ2n) is 5.94. The number of ether oxygens (including phenoxy) is 2. The summed E-state index contributed by atoms with van der Waals surface area (Å²) in [5, 5.41) is 0. The van der Waals surface area contributed by atoms with Crippen molar-refractivity contribution in [2.45, 2.75) is 33.1 Å². The van der Waals surface area contributed by atoms with Gasteiger partial charge in [0, 0.05) is 0 Å². The lowest BCUT2D eigenvalue weighted by molar-refractivity contribution is -0.156. The molecule has 22 heavy (non-hydrogen) atoms. The third kappa shape index (κ3) is 3.51. The second-order valence-corrected chi connectivity index (χ2v) is 5.94. The van der Waals surface area contributed by atoms with Crippen molar-refractivity contribution in [3.8, 4) is 0 Å². The fourth-order valence-corrected chi connectivity index (χ4v) is 1.77. The molecule has 7 nitrogen and oxygen atoms in total. The number of esters is 1. The second kappa shape index (κ2) is 5.88. The number of carbonyl (C=O) groups is 1. The van der Waals surface area contributed by atoms with Gasteiger partial charge in [-0.05, 0) is 26.8 Å². The van der Waals surface area contributed by atoms with Crippen LogP contribution in [0.4, 0.5) is 4.39 Å². The van der Waals surface area contributed by atoms with Crippen molar-refractivity contribution in [1.29, 1.82) is 0 Å². The Hall–Kier alpha value is -2.22. The number of nitrogens with zero attached hydrogens (tertiary/aromatic N) is 1. The van der Waals surface area contributed by atoms with Crippen LogP contribution in [-0.4, -0.2) is 28.2 Å². The van der Waals surface area contributed by atoms with E-state index in [9.17, 15) is 18.8 Å². The van der Waals surface area contributed by atoms with Crippen molar-refractivity contribution in [2.75, 3.05) is 6.61 Å². The lowest BCUT2D eigenvalue weighted by Gasteiger charge is -2.19. The van der Waals surface area contributed by atoms with E-state index < -0.39 is 34.8 Å². The molecule has 0 saturated heterocycles. The summed E-state index contributed by atoms with van der Waals surface area (Å²) in [6, 6.07) is 0. The van der Waals surface area contributed by atoms with Crippen LogP contribution in [-0.2, 0) is 14.3 Å². The van der Waals surface area contributed by atoms with Gasteiger partial charge in [-0.3, -0.25) is 19.1 Å². The number of halogens is 1. The van der Waals surface area contributed by atoms with Crippen LogP contribution in [0, 0.1) is 11.2 Å². The molecule has 2 heterocycles. The zero-order valence-corrected chi connectivity index (χ0v) is 12.5. The highest BCUT2D eigenvalue weighted by molar-refractivity contribution is 5.75. The van der Waals surface area contributed by atoms with Gasteiger partial charge in [0.15, 0.2) is 6.23 Å². The molecular weight excluding hydrogens is 295 g/mol. The minimum atomic E-state index is -1.08. The number of aromatic amines is 1. The molecule has 0 amide bonds. The maximum Gasteiger partial charge on any atom is 0.330 e. The van der Waals surface area contributed by atoms with E-state index in [1.165, 1.54) is 6.08 Å². The highest BCUT2D eigenvalue weighted by Gasteiger charge is 2.27. The molecule has 0 bridgehead atoms. The maximum atomic E-state index is 13.2. The van der Waals surface area contributed by atoms with E-state index in [-0.39, 0.29) is 12.6 Å². The zero-order valence-electron chi connectivity index (χ0n) is 12.5. The number of rotatable bonds is 3. The summed E-state index contributed by atoms with van der Waals surface area (Å²) >= 11 is 0. The van der Waals surface area contributed by atoms with Crippen LogP contribution in [0.15, 0.2) is 27.9 Å². The molecule has 0 spiro atoms. The van der Waals surface area contributed by atoms with Crippen molar-refractivity contribution in [1.82, 2.24) is 9.55 Å². The summed E-state index contributed by atoms with van der Waals surface area (Å²) in [5.41, 5.74) is -2.49. The van der Waals surface area contributed by atoms with E-state index in [0.29, 0.717) is 0 Å². The molecule has 0 fully saturated rings. The van der Waals surface area contributed by atoms with E-state index in [1.54, 1.807) is 26.8 Å². The monoisotopic (exact) mass is 312 g/mol. The van der Waals surface area contributed by atoms with Gasteiger partial charge in [0.25, 0.3) is 5.56 Å². The summed E-state index contributed by atoms with van der Waals surface area (Å²) in [6.45, 7) is 5.17. The molecule has 120 valence electrons. The quantitative estimate of drug-likeness (QED) is 0.656. The Kier molecular flexibility index (Phi) is 4.32. The van der Waals surface area contributed by atoms with E-state index >= 15 is 0 Å². The molecule has 1 aromatic rings. The first-order chi connectivity index (χ1) is 10.2. The van der Waals surface area contributed by atoms with Crippen LogP contribution in [0.25, 0.3) is 0 Å². The molecular formula is C14H17FN2O5.